The highest BCUT2D eigenvalue weighted by molar-refractivity contribution is 7.23. The smallest absolute Gasteiger partial charge is 0.327 e. The van der Waals surface area contributed by atoms with Gasteiger partial charge in [0.25, 0.3) is 5.91 Å². The average Bonchev–Trinajstić information content (AvgIpc) is 3.14. The first kappa shape index (κ1) is 22.6. The summed E-state index contributed by atoms with van der Waals surface area (Å²) in [5.74, 6) is 0.100. The van der Waals surface area contributed by atoms with Gasteiger partial charge >= 0.3 is 6.03 Å². The summed E-state index contributed by atoms with van der Waals surface area (Å²) in [5, 5.41) is 6.20. The zero-order chi connectivity index (χ0) is 22.8. The lowest BCUT2D eigenvalue weighted by Crippen LogP contribution is -2.34. The van der Waals surface area contributed by atoms with Crippen molar-refractivity contribution in [3.63, 3.8) is 0 Å². The number of thiazole rings is 1. The monoisotopic (exact) mass is 525 g/mol. The van der Waals surface area contributed by atoms with Gasteiger partial charge in [-0.2, -0.15) is 0 Å². The number of anilines is 1. The average molecular weight is 527 g/mol. The Balaban J connectivity index is 1.53. The Hall–Kier alpha value is -2.55. The second kappa shape index (κ2) is 9.52. The fourth-order valence-electron chi connectivity index (χ4n) is 2.69. The summed E-state index contributed by atoms with van der Waals surface area (Å²) in [6, 6.07) is 13.9. The van der Waals surface area contributed by atoms with Gasteiger partial charge in [-0.15, -0.1) is 0 Å². The van der Waals surface area contributed by atoms with Crippen LogP contribution in [0.1, 0.15) is 10.4 Å². The number of amides is 3. The number of nitrogens with zero attached hydrogens (tertiary/aromatic N) is 1. The van der Waals surface area contributed by atoms with Crippen molar-refractivity contribution in [3.8, 4) is 11.5 Å². The number of nitrogens with one attached hydrogen (secondary N) is 2. The molecule has 0 bridgehead atoms. The predicted octanol–water partition coefficient (Wildman–Crippen LogP) is 7.66. The number of ether oxygens (including phenoxy) is 1. The number of benzene rings is 3. The minimum atomic E-state index is -0.770. The molecule has 162 valence electrons. The molecule has 0 saturated carbocycles. The van der Waals surface area contributed by atoms with Crippen LogP contribution in [0.4, 0.5) is 9.93 Å². The van der Waals surface area contributed by atoms with Gasteiger partial charge in [-0.25, -0.2) is 9.78 Å². The van der Waals surface area contributed by atoms with Crippen molar-refractivity contribution in [2.45, 2.75) is 0 Å². The van der Waals surface area contributed by atoms with E-state index in [1.165, 1.54) is 6.07 Å². The zero-order valence-corrected chi connectivity index (χ0v) is 19.6. The van der Waals surface area contributed by atoms with Crippen molar-refractivity contribution in [1.29, 1.82) is 0 Å². The van der Waals surface area contributed by atoms with Crippen molar-refractivity contribution in [2.75, 3.05) is 5.32 Å². The lowest BCUT2D eigenvalue weighted by atomic mass is 10.2. The number of imide groups is 1. The number of urea groups is 1. The van der Waals surface area contributed by atoms with Crippen LogP contribution in [0.25, 0.3) is 10.2 Å². The summed E-state index contributed by atoms with van der Waals surface area (Å²) >= 11 is 25.8. The minimum absolute atomic E-state index is 0.174. The van der Waals surface area contributed by atoms with Gasteiger partial charge in [0.1, 0.15) is 10.8 Å². The third-order valence-corrected chi connectivity index (χ3v) is 6.47. The summed E-state index contributed by atoms with van der Waals surface area (Å²) in [5.41, 5.74) is 0.633. The number of carbonyl (C=O) groups excluding carboxylic acids is 2. The van der Waals surface area contributed by atoms with Gasteiger partial charge in [0.05, 0.1) is 25.8 Å². The number of carbonyl (C=O) groups is 2. The van der Waals surface area contributed by atoms with E-state index in [1.807, 2.05) is 0 Å². The Labute approximate surface area is 206 Å². The summed E-state index contributed by atoms with van der Waals surface area (Å²) < 4.78 is 6.35. The van der Waals surface area contributed by atoms with E-state index in [0.29, 0.717) is 21.0 Å². The highest BCUT2D eigenvalue weighted by Gasteiger charge is 2.19. The molecule has 0 unspecified atom stereocenters. The molecule has 0 aliphatic carbocycles. The molecule has 0 saturated heterocycles. The number of hydrogen-bond acceptors (Lipinski definition) is 5. The molecular formula is C21H11Cl4N3O3S. The number of halogens is 4. The van der Waals surface area contributed by atoms with Crippen LogP contribution in [0.2, 0.25) is 20.1 Å². The molecule has 0 fully saturated rings. The van der Waals surface area contributed by atoms with Gasteiger partial charge in [-0.3, -0.25) is 15.4 Å². The number of rotatable bonds is 4. The van der Waals surface area contributed by atoms with Crippen LogP contribution in [0.5, 0.6) is 11.5 Å². The molecule has 1 aromatic heterocycles. The molecule has 2 N–H and O–H groups in total. The summed E-state index contributed by atoms with van der Waals surface area (Å²) in [6.45, 7) is 0. The van der Waals surface area contributed by atoms with Crippen LogP contribution < -0.4 is 15.4 Å². The van der Waals surface area contributed by atoms with E-state index in [-0.39, 0.29) is 31.5 Å². The van der Waals surface area contributed by atoms with Crippen LogP contribution in [0, 0.1) is 0 Å². The van der Waals surface area contributed by atoms with E-state index in [1.54, 1.807) is 48.5 Å². The molecule has 11 heteroatoms. The quantitative estimate of drug-likeness (QED) is 0.286. The van der Waals surface area contributed by atoms with Crippen molar-refractivity contribution in [2.24, 2.45) is 0 Å². The van der Waals surface area contributed by atoms with Gasteiger partial charge in [0.2, 0.25) is 0 Å². The first-order valence-corrected chi connectivity index (χ1v) is 11.2. The first-order chi connectivity index (χ1) is 15.3. The van der Waals surface area contributed by atoms with Crippen LogP contribution in [-0.2, 0) is 0 Å². The van der Waals surface area contributed by atoms with Crippen molar-refractivity contribution in [3.05, 3.63) is 80.3 Å². The van der Waals surface area contributed by atoms with Crippen molar-refractivity contribution < 1.29 is 14.3 Å². The largest absolute Gasteiger partial charge is 0.454 e. The second-order valence-electron chi connectivity index (χ2n) is 6.31. The highest BCUT2D eigenvalue weighted by Crippen LogP contribution is 2.44. The van der Waals surface area contributed by atoms with Gasteiger partial charge in [0.15, 0.2) is 10.9 Å². The maximum Gasteiger partial charge on any atom is 0.327 e. The fourth-order valence-corrected chi connectivity index (χ4v) is 4.55. The molecule has 0 aliphatic rings. The maximum atomic E-state index is 12.3. The third-order valence-electron chi connectivity index (χ3n) is 4.13. The minimum Gasteiger partial charge on any atom is -0.454 e. The molecule has 1 heterocycles. The Bertz CT molecular complexity index is 1340. The molecule has 4 rings (SSSR count). The number of hydrogen-bond donors (Lipinski definition) is 2. The topological polar surface area (TPSA) is 80.3 Å². The second-order valence-corrected chi connectivity index (χ2v) is 8.94. The summed E-state index contributed by atoms with van der Waals surface area (Å²) in [7, 11) is 0. The van der Waals surface area contributed by atoms with Crippen LogP contribution in [0.15, 0.2) is 54.6 Å². The standard InChI is InChI=1S/C21H11Cl4N3O3S/c22-10-5-7-11(8-6-10)31-17-14(24)9-15-18(16(17)25)32-21(26-15)28-20(30)27-19(29)12-3-1-2-4-13(12)23/h1-9H,(H2,26,27,28,29,30). The van der Waals surface area contributed by atoms with E-state index in [4.69, 9.17) is 51.1 Å². The van der Waals surface area contributed by atoms with Crippen molar-refractivity contribution >= 4 is 85.0 Å². The lowest BCUT2D eigenvalue weighted by molar-refractivity contribution is 0.0967. The number of aromatic nitrogens is 1. The van der Waals surface area contributed by atoms with Crippen molar-refractivity contribution in [1.82, 2.24) is 10.3 Å². The molecule has 3 aromatic carbocycles. The lowest BCUT2D eigenvalue weighted by Gasteiger charge is -2.09. The van der Waals surface area contributed by atoms with Gasteiger partial charge in [-0.1, -0.05) is 69.9 Å². The van der Waals surface area contributed by atoms with Gasteiger partial charge in [0, 0.05) is 5.02 Å². The van der Waals surface area contributed by atoms with E-state index in [2.05, 4.69) is 15.6 Å². The Morgan fingerprint density at radius 3 is 2.38 bits per heavy atom. The van der Waals surface area contributed by atoms with Gasteiger partial charge < -0.3 is 4.74 Å². The molecule has 0 radical (unpaired) electrons. The molecular weight excluding hydrogens is 516 g/mol. The Morgan fingerprint density at radius 2 is 1.66 bits per heavy atom. The molecule has 32 heavy (non-hydrogen) atoms. The Morgan fingerprint density at radius 1 is 0.938 bits per heavy atom. The van der Waals surface area contributed by atoms with Crippen LogP contribution in [-0.4, -0.2) is 16.9 Å². The summed E-state index contributed by atoms with van der Waals surface area (Å²) in [6.07, 6.45) is 0. The fraction of sp³-hybridized carbons (Fsp3) is 0. The Kier molecular flexibility index (Phi) is 6.74. The molecule has 4 aromatic rings. The number of fused-ring (bicyclic) bond motifs is 1. The third kappa shape index (κ3) is 4.92. The van der Waals surface area contributed by atoms with E-state index >= 15 is 0 Å². The van der Waals surface area contributed by atoms with Crippen LogP contribution >= 0.6 is 57.7 Å². The van der Waals surface area contributed by atoms with E-state index in [9.17, 15) is 9.59 Å². The normalized spacial score (nSPS) is 10.8. The zero-order valence-electron chi connectivity index (χ0n) is 15.8. The molecule has 0 aliphatic heterocycles. The highest BCUT2D eigenvalue weighted by atomic mass is 35.5. The van der Waals surface area contributed by atoms with E-state index in [0.717, 1.165) is 11.3 Å². The maximum absolute atomic E-state index is 12.3. The predicted molar refractivity (Wildman–Crippen MR) is 129 cm³/mol. The molecule has 6 nitrogen and oxygen atoms in total. The summed E-state index contributed by atoms with van der Waals surface area (Å²) in [4.78, 5) is 28.8. The first-order valence-electron chi connectivity index (χ1n) is 8.90. The molecule has 0 atom stereocenters. The van der Waals surface area contributed by atoms with Gasteiger partial charge in [-0.05, 0) is 42.5 Å². The SMILES string of the molecule is O=C(NC(=O)c1ccccc1Cl)Nc1nc2cc(Cl)c(Oc3ccc(Cl)cc3)c(Cl)c2s1. The molecule has 0 spiro atoms. The molecule has 3 amide bonds. The van der Waals surface area contributed by atoms with Crippen LogP contribution in [0.3, 0.4) is 0 Å². The van der Waals surface area contributed by atoms with E-state index < -0.39 is 11.9 Å².